The van der Waals surface area contributed by atoms with Crippen LogP contribution in [0.5, 0.6) is 0 Å². The van der Waals surface area contributed by atoms with Gasteiger partial charge >= 0.3 is 0 Å². The van der Waals surface area contributed by atoms with Gasteiger partial charge in [0, 0.05) is 6.42 Å². The summed E-state index contributed by atoms with van der Waals surface area (Å²) in [5.41, 5.74) is 0. The van der Waals surface area contributed by atoms with Crippen LogP contribution in [0.25, 0.3) is 0 Å². The van der Waals surface area contributed by atoms with E-state index in [-0.39, 0.29) is 12.5 Å². The summed E-state index contributed by atoms with van der Waals surface area (Å²) < 4.78 is 11.2. The molecular formula is C50H95NO8. The molecule has 1 saturated heterocycles. The quantitative estimate of drug-likeness (QED) is 0.0263. The molecule has 0 aromatic rings. The number of hydrogen-bond donors (Lipinski definition) is 6. The van der Waals surface area contributed by atoms with Crippen molar-refractivity contribution in [3.63, 3.8) is 0 Å². The molecule has 0 saturated carbocycles. The van der Waals surface area contributed by atoms with Gasteiger partial charge in [-0.05, 0) is 32.1 Å². The van der Waals surface area contributed by atoms with Crippen LogP contribution < -0.4 is 5.32 Å². The van der Waals surface area contributed by atoms with Crippen LogP contribution in [0.1, 0.15) is 232 Å². The fourth-order valence-corrected chi connectivity index (χ4v) is 8.00. The molecule has 1 heterocycles. The highest BCUT2D eigenvalue weighted by molar-refractivity contribution is 5.76. The van der Waals surface area contributed by atoms with Gasteiger partial charge in [0.2, 0.25) is 5.91 Å². The van der Waals surface area contributed by atoms with Crippen LogP contribution in [0.4, 0.5) is 0 Å². The van der Waals surface area contributed by atoms with Gasteiger partial charge in [-0.3, -0.25) is 4.79 Å². The highest BCUT2D eigenvalue weighted by Gasteiger charge is 2.44. The summed E-state index contributed by atoms with van der Waals surface area (Å²) in [7, 11) is 0. The third kappa shape index (κ3) is 31.2. The Balaban J connectivity index is 2.33. The average Bonchev–Trinajstić information content (AvgIpc) is 3.23. The van der Waals surface area contributed by atoms with Crippen LogP contribution in [0.15, 0.2) is 24.3 Å². The van der Waals surface area contributed by atoms with Crippen LogP contribution in [0, 0.1) is 0 Å². The third-order valence-corrected chi connectivity index (χ3v) is 12.0. The van der Waals surface area contributed by atoms with E-state index in [4.69, 9.17) is 9.47 Å². The lowest BCUT2D eigenvalue weighted by molar-refractivity contribution is -0.302. The molecule has 7 unspecified atom stereocenters. The maximum absolute atomic E-state index is 13.0. The van der Waals surface area contributed by atoms with E-state index in [9.17, 15) is 30.3 Å². The lowest BCUT2D eigenvalue weighted by Gasteiger charge is -2.40. The molecule has 59 heavy (non-hydrogen) atoms. The van der Waals surface area contributed by atoms with E-state index in [1.165, 1.54) is 173 Å². The van der Waals surface area contributed by atoms with E-state index >= 15 is 0 Å². The first-order valence-electron chi connectivity index (χ1n) is 25.1. The van der Waals surface area contributed by atoms with E-state index in [2.05, 4.69) is 31.3 Å². The second kappa shape index (κ2) is 40.7. The summed E-state index contributed by atoms with van der Waals surface area (Å²) >= 11 is 0. The van der Waals surface area contributed by atoms with E-state index < -0.39 is 49.5 Å². The van der Waals surface area contributed by atoms with Gasteiger partial charge in [-0.2, -0.15) is 0 Å². The maximum atomic E-state index is 13.0. The molecule has 6 N–H and O–H groups in total. The first-order valence-corrected chi connectivity index (χ1v) is 25.1. The lowest BCUT2D eigenvalue weighted by atomic mass is 9.99. The van der Waals surface area contributed by atoms with Crippen molar-refractivity contribution in [2.45, 2.75) is 275 Å². The molecule has 1 aliphatic rings. The summed E-state index contributed by atoms with van der Waals surface area (Å²) in [4.78, 5) is 13.0. The second-order valence-electron chi connectivity index (χ2n) is 17.6. The Kier molecular flexibility index (Phi) is 38.4. The number of aliphatic hydroxyl groups is 5. The molecule has 7 atom stereocenters. The van der Waals surface area contributed by atoms with Gasteiger partial charge in [0.15, 0.2) is 6.29 Å². The Morgan fingerprint density at radius 1 is 0.559 bits per heavy atom. The van der Waals surface area contributed by atoms with Gasteiger partial charge in [0.05, 0.1) is 25.4 Å². The number of nitrogens with one attached hydrogen (secondary N) is 1. The number of rotatable bonds is 42. The average molecular weight is 838 g/mol. The van der Waals surface area contributed by atoms with Crippen molar-refractivity contribution >= 4 is 5.91 Å². The van der Waals surface area contributed by atoms with Crippen LogP contribution >= 0.6 is 0 Å². The Bertz CT molecular complexity index is 977. The Hall–Kier alpha value is -1.33. The fourth-order valence-electron chi connectivity index (χ4n) is 8.00. The SMILES string of the molecule is CCCCCCCCCCCCCCCC/C=C/CC/C=C/C(O)C(COC1OC(CO)C(O)C(O)C1O)NC(=O)CCCCCCCCCCCCCCCCCC. The minimum atomic E-state index is -1.57. The topological polar surface area (TPSA) is 149 Å². The van der Waals surface area contributed by atoms with Crippen molar-refractivity contribution < 1.29 is 39.8 Å². The summed E-state index contributed by atoms with van der Waals surface area (Å²) in [6, 6.07) is -0.817. The summed E-state index contributed by atoms with van der Waals surface area (Å²) in [6.07, 6.45) is 42.3. The van der Waals surface area contributed by atoms with Gasteiger partial charge in [-0.25, -0.2) is 0 Å². The van der Waals surface area contributed by atoms with Gasteiger partial charge in [-0.15, -0.1) is 0 Å². The van der Waals surface area contributed by atoms with Gasteiger partial charge in [0.1, 0.15) is 24.4 Å². The monoisotopic (exact) mass is 838 g/mol. The van der Waals surface area contributed by atoms with Crippen LogP contribution in [-0.2, 0) is 14.3 Å². The number of carbonyl (C=O) groups is 1. The molecule has 0 aromatic heterocycles. The number of aliphatic hydroxyl groups excluding tert-OH is 5. The molecule has 0 radical (unpaired) electrons. The zero-order valence-electron chi connectivity index (χ0n) is 38.3. The molecule has 0 bridgehead atoms. The van der Waals surface area contributed by atoms with E-state index in [1.807, 2.05) is 6.08 Å². The predicted octanol–water partition coefficient (Wildman–Crippen LogP) is 11.1. The predicted molar refractivity (Wildman–Crippen MR) is 244 cm³/mol. The third-order valence-electron chi connectivity index (χ3n) is 12.0. The minimum Gasteiger partial charge on any atom is -0.394 e. The number of amides is 1. The van der Waals surface area contributed by atoms with Crippen molar-refractivity contribution in [1.82, 2.24) is 5.32 Å². The lowest BCUT2D eigenvalue weighted by Crippen LogP contribution is -2.60. The first kappa shape index (κ1) is 55.7. The van der Waals surface area contributed by atoms with E-state index in [1.54, 1.807) is 6.08 Å². The zero-order chi connectivity index (χ0) is 43.0. The smallest absolute Gasteiger partial charge is 0.220 e. The van der Waals surface area contributed by atoms with Crippen molar-refractivity contribution in [3.05, 3.63) is 24.3 Å². The number of allylic oxidation sites excluding steroid dienone is 3. The molecule has 1 aliphatic heterocycles. The molecular weight excluding hydrogens is 743 g/mol. The highest BCUT2D eigenvalue weighted by atomic mass is 16.7. The largest absolute Gasteiger partial charge is 0.394 e. The number of hydrogen-bond acceptors (Lipinski definition) is 8. The zero-order valence-corrected chi connectivity index (χ0v) is 38.3. The molecule has 1 amide bonds. The minimum absolute atomic E-state index is 0.184. The molecule has 9 heteroatoms. The summed E-state index contributed by atoms with van der Waals surface area (Å²) in [5, 5.41) is 54.3. The molecule has 1 rings (SSSR count). The van der Waals surface area contributed by atoms with Crippen molar-refractivity contribution in [2.75, 3.05) is 13.2 Å². The first-order chi connectivity index (χ1) is 28.8. The number of unbranched alkanes of at least 4 members (excludes halogenated alkanes) is 30. The molecule has 348 valence electrons. The van der Waals surface area contributed by atoms with Gasteiger partial charge in [-0.1, -0.05) is 218 Å². The second-order valence-corrected chi connectivity index (χ2v) is 17.6. The molecule has 9 nitrogen and oxygen atoms in total. The Morgan fingerprint density at radius 3 is 1.42 bits per heavy atom. The number of carbonyl (C=O) groups excluding carboxylic acids is 1. The normalized spacial score (nSPS) is 20.8. The van der Waals surface area contributed by atoms with Crippen LogP contribution in [0.3, 0.4) is 0 Å². The molecule has 0 aliphatic carbocycles. The van der Waals surface area contributed by atoms with Crippen molar-refractivity contribution in [2.24, 2.45) is 0 Å². The van der Waals surface area contributed by atoms with E-state index in [0.29, 0.717) is 6.42 Å². The standard InChI is InChI=1S/C50H95NO8/c1-3-5-7-9-11-13-15-17-19-21-22-23-24-25-27-29-31-33-35-37-39-44(53)43(42-58-50-49(57)48(56)47(55)45(41-52)59-50)51-46(54)40-38-36-34-32-30-28-26-20-18-16-14-12-10-8-6-4-2/h29,31,37,39,43-45,47-50,52-53,55-57H,3-28,30,32-36,38,40-42H2,1-2H3,(H,51,54)/b31-29+,39-37+. The number of ether oxygens (including phenoxy) is 2. The van der Waals surface area contributed by atoms with Crippen molar-refractivity contribution in [1.29, 1.82) is 0 Å². The molecule has 0 spiro atoms. The van der Waals surface area contributed by atoms with Gasteiger partial charge in [0.25, 0.3) is 0 Å². The van der Waals surface area contributed by atoms with Gasteiger partial charge < -0.3 is 40.3 Å². The van der Waals surface area contributed by atoms with Crippen LogP contribution in [0.2, 0.25) is 0 Å². The summed E-state index contributed by atoms with van der Waals surface area (Å²) in [5.74, 6) is -0.184. The highest BCUT2D eigenvalue weighted by Crippen LogP contribution is 2.23. The summed E-state index contributed by atoms with van der Waals surface area (Å²) in [6.45, 7) is 3.78. The fraction of sp³-hybridized carbons (Fsp3) is 0.900. The Morgan fingerprint density at radius 2 is 0.966 bits per heavy atom. The van der Waals surface area contributed by atoms with E-state index in [0.717, 1.165) is 38.5 Å². The Labute approximate surface area is 362 Å². The van der Waals surface area contributed by atoms with Crippen LogP contribution in [-0.4, -0.2) is 87.5 Å². The molecule has 0 aromatic carbocycles. The maximum Gasteiger partial charge on any atom is 0.220 e. The molecule has 1 fully saturated rings. The van der Waals surface area contributed by atoms with Crippen molar-refractivity contribution in [3.8, 4) is 0 Å².